The molecule has 0 fully saturated rings. The number of nitrogens with one attached hydrogen (secondary N) is 1. The number of ether oxygens (including phenoxy) is 1. The van der Waals surface area contributed by atoms with E-state index in [4.69, 9.17) is 16.3 Å². The number of rotatable bonds is 7. The molecule has 2 rings (SSSR count). The van der Waals surface area contributed by atoms with E-state index >= 15 is 0 Å². The van der Waals surface area contributed by atoms with Crippen LogP contribution in [0.5, 0.6) is 5.75 Å². The minimum absolute atomic E-state index is 0.257. The highest BCUT2D eigenvalue weighted by atomic mass is 35.5. The zero-order valence-corrected chi connectivity index (χ0v) is 13.4. The van der Waals surface area contributed by atoms with E-state index in [1.54, 1.807) is 25.3 Å². The van der Waals surface area contributed by atoms with Crippen LogP contribution >= 0.6 is 11.6 Å². The van der Waals surface area contributed by atoms with Crippen molar-refractivity contribution in [2.75, 3.05) is 12.4 Å². The van der Waals surface area contributed by atoms with Gasteiger partial charge in [0.15, 0.2) is 5.82 Å². The Morgan fingerprint density at radius 2 is 2.04 bits per heavy atom. The number of hydrogen-bond acceptors (Lipinski definition) is 3. The van der Waals surface area contributed by atoms with Crippen molar-refractivity contribution >= 4 is 17.3 Å². The van der Waals surface area contributed by atoms with Gasteiger partial charge in [0.05, 0.1) is 18.2 Å². The van der Waals surface area contributed by atoms with Crippen LogP contribution in [0.3, 0.4) is 0 Å². The molecule has 0 bridgehead atoms. The highest BCUT2D eigenvalue weighted by Crippen LogP contribution is 2.31. The topological polar surface area (TPSA) is 34.1 Å². The minimum atomic E-state index is -1.20. The molecular weight excluding hydrogens is 322 g/mol. The highest BCUT2D eigenvalue weighted by molar-refractivity contribution is 6.31. The lowest BCUT2D eigenvalue weighted by molar-refractivity contribution is 0.415. The molecule has 0 saturated heterocycles. The van der Waals surface area contributed by atoms with Crippen LogP contribution in [-0.4, -0.2) is 12.1 Å². The van der Waals surface area contributed by atoms with E-state index < -0.39 is 11.8 Å². The van der Waals surface area contributed by atoms with Gasteiger partial charge in [0.2, 0.25) is 5.95 Å². The molecule has 0 saturated carbocycles. The van der Waals surface area contributed by atoms with Crippen LogP contribution in [0, 0.1) is 11.8 Å². The fourth-order valence-electron chi connectivity index (χ4n) is 2.18. The van der Waals surface area contributed by atoms with Crippen molar-refractivity contribution in [3.8, 4) is 5.75 Å². The number of benzene rings is 1. The molecule has 0 spiro atoms. The highest BCUT2D eigenvalue weighted by Gasteiger charge is 2.20. The summed E-state index contributed by atoms with van der Waals surface area (Å²) in [5.41, 5.74) is 1.21. The van der Waals surface area contributed by atoms with Crippen LogP contribution in [0.4, 0.5) is 14.5 Å². The second-order valence-electron chi connectivity index (χ2n) is 4.92. The molecule has 1 unspecified atom stereocenters. The first-order chi connectivity index (χ1) is 11.1. The molecule has 1 N–H and O–H groups in total. The maximum Gasteiger partial charge on any atom is 0.250 e. The zero-order chi connectivity index (χ0) is 16.8. The van der Waals surface area contributed by atoms with E-state index in [0.717, 1.165) is 11.4 Å². The third-order valence-electron chi connectivity index (χ3n) is 3.41. The van der Waals surface area contributed by atoms with Crippen molar-refractivity contribution < 1.29 is 13.5 Å². The largest absolute Gasteiger partial charge is 0.497 e. The first-order valence-electron chi connectivity index (χ1n) is 7.07. The number of pyridine rings is 1. The maximum absolute atomic E-state index is 13.7. The summed E-state index contributed by atoms with van der Waals surface area (Å²) < 4.78 is 31.9. The Morgan fingerprint density at radius 1 is 1.35 bits per heavy atom. The zero-order valence-electron chi connectivity index (χ0n) is 12.7. The van der Waals surface area contributed by atoms with Crippen molar-refractivity contribution in [3.63, 3.8) is 0 Å². The molecule has 2 aromatic rings. The first-order valence-corrected chi connectivity index (χ1v) is 7.45. The number of allylic oxidation sites excluding steroid dienone is 1. The summed E-state index contributed by atoms with van der Waals surface area (Å²) >= 11 is 5.95. The predicted molar refractivity (Wildman–Crippen MR) is 88.0 cm³/mol. The third kappa shape index (κ3) is 4.20. The quantitative estimate of drug-likeness (QED) is 0.560. The number of halogens is 3. The molecule has 0 radical (unpaired) electrons. The number of hydrogen-bond donors (Lipinski definition) is 1. The molecule has 1 heterocycles. The molecule has 3 nitrogen and oxygen atoms in total. The lowest BCUT2D eigenvalue weighted by Gasteiger charge is -2.21. The fourth-order valence-corrected chi connectivity index (χ4v) is 2.44. The van der Waals surface area contributed by atoms with Gasteiger partial charge in [-0.3, -0.25) is 0 Å². The van der Waals surface area contributed by atoms with Gasteiger partial charge in [-0.25, -0.2) is 9.37 Å². The number of nitrogens with zero attached hydrogens (tertiary/aromatic N) is 1. The van der Waals surface area contributed by atoms with Gasteiger partial charge >= 0.3 is 0 Å². The van der Waals surface area contributed by atoms with E-state index in [1.165, 1.54) is 6.20 Å². The third-order valence-corrected chi connectivity index (χ3v) is 3.79. The normalized spacial score (nSPS) is 11.8. The lowest BCUT2D eigenvalue weighted by atomic mass is 10.0. The Hall–Kier alpha value is -2.14. The summed E-state index contributed by atoms with van der Waals surface area (Å²) in [5.74, 6) is -1.61. The lowest BCUT2D eigenvalue weighted by Crippen LogP contribution is -2.13. The predicted octanol–water partition coefficient (Wildman–Crippen LogP) is 5.14. The fraction of sp³-hybridized carbons (Fsp3) is 0.235. The maximum atomic E-state index is 13.7. The molecule has 0 amide bonds. The van der Waals surface area contributed by atoms with Crippen molar-refractivity contribution in [1.82, 2.24) is 4.98 Å². The van der Waals surface area contributed by atoms with Crippen LogP contribution < -0.4 is 10.1 Å². The summed E-state index contributed by atoms with van der Waals surface area (Å²) in [6.07, 6.45) is 4.31. The molecule has 1 atom stereocenters. The Kier molecular flexibility index (Phi) is 5.93. The second kappa shape index (κ2) is 7.92. The average molecular weight is 339 g/mol. The Labute approximate surface area is 139 Å². The monoisotopic (exact) mass is 338 g/mol. The molecule has 6 heteroatoms. The van der Waals surface area contributed by atoms with Gasteiger partial charge in [-0.2, -0.15) is 4.39 Å². The van der Waals surface area contributed by atoms with Gasteiger partial charge in [-0.05, 0) is 37.1 Å². The molecule has 0 aliphatic carbocycles. The molecule has 23 heavy (non-hydrogen) atoms. The number of aromatic nitrogens is 1. The van der Waals surface area contributed by atoms with Crippen LogP contribution in [0.15, 0.2) is 43.1 Å². The molecule has 0 aliphatic heterocycles. The smallest absolute Gasteiger partial charge is 0.250 e. The Balaban J connectivity index is 2.29. The molecule has 122 valence electrons. The summed E-state index contributed by atoms with van der Waals surface area (Å²) in [6, 6.07) is 6.95. The van der Waals surface area contributed by atoms with Gasteiger partial charge in [0, 0.05) is 17.4 Å². The van der Waals surface area contributed by atoms with Gasteiger partial charge in [0.25, 0.3) is 0 Å². The summed E-state index contributed by atoms with van der Waals surface area (Å²) in [6.45, 7) is 3.68. The van der Waals surface area contributed by atoms with E-state index in [0.29, 0.717) is 18.4 Å². The van der Waals surface area contributed by atoms with E-state index in [-0.39, 0.29) is 11.1 Å². The molecule has 0 aliphatic rings. The van der Waals surface area contributed by atoms with Crippen molar-refractivity contribution in [3.05, 3.63) is 65.5 Å². The van der Waals surface area contributed by atoms with Gasteiger partial charge in [-0.1, -0.05) is 17.7 Å². The standard InChI is InChI=1S/C17H17ClF2N2O/c1-3-4-5-14(13-10-21-17(20)16(19)15(13)18)22-11-6-8-12(23-2)9-7-11/h3,6-10,14,22H,1,4-5H2,2H3. The number of methoxy groups -OCH3 is 1. The van der Waals surface area contributed by atoms with Crippen LogP contribution in [0.2, 0.25) is 5.02 Å². The van der Waals surface area contributed by atoms with Crippen LogP contribution in [0.25, 0.3) is 0 Å². The van der Waals surface area contributed by atoms with Gasteiger partial charge in [0.1, 0.15) is 5.75 Å². The van der Waals surface area contributed by atoms with Gasteiger partial charge in [-0.15, -0.1) is 6.58 Å². The molecule has 1 aromatic carbocycles. The van der Waals surface area contributed by atoms with Gasteiger partial charge < -0.3 is 10.1 Å². The summed E-state index contributed by atoms with van der Waals surface area (Å²) in [5, 5.41) is 3.00. The van der Waals surface area contributed by atoms with E-state index in [1.807, 2.05) is 12.1 Å². The van der Waals surface area contributed by atoms with Crippen molar-refractivity contribution in [2.24, 2.45) is 0 Å². The van der Waals surface area contributed by atoms with Crippen molar-refractivity contribution in [2.45, 2.75) is 18.9 Å². The molecular formula is C17H17ClF2N2O. The first kappa shape index (κ1) is 17.2. The van der Waals surface area contributed by atoms with Crippen molar-refractivity contribution in [1.29, 1.82) is 0 Å². The SMILES string of the molecule is C=CCCC(Nc1ccc(OC)cc1)c1cnc(F)c(F)c1Cl. The Bertz CT molecular complexity index is 677. The number of anilines is 1. The van der Waals surface area contributed by atoms with E-state index in [2.05, 4.69) is 16.9 Å². The summed E-state index contributed by atoms with van der Waals surface area (Å²) in [7, 11) is 1.59. The van der Waals surface area contributed by atoms with Crippen LogP contribution in [0.1, 0.15) is 24.4 Å². The Morgan fingerprint density at radius 3 is 2.65 bits per heavy atom. The molecule has 1 aromatic heterocycles. The average Bonchev–Trinajstić information content (AvgIpc) is 2.57. The van der Waals surface area contributed by atoms with Crippen LogP contribution in [-0.2, 0) is 0 Å². The summed E-state index contributed by atoms with van der Waals surface area (Å²) in [4.78, 5) is 3.43. The minimum Gasteiger partial charge on any atom is -0.497 e. The second-order valence-corrected chi connectivity index (χ2v) is 5.30. The van der Waals surface area contributed by atoms with E-state index in [9.17, 15) is 8.78 Å².